The molecule has 1 aliphatic rings. The second kappa shape index (κ2) is 5.89. The van der Waals surface area contributed by atoms with Gasteiger partial charge in [0.25, 0.3) is 0 Å². The van der Waals surface area contributed by atoms with Crippen LogP contribution in [0.3, 0.4) is 0 Å². The van der Waals surface area contributed by atoms with Crippen LogP contribution in [0.5, 0.6) is 0 Å². The summed E-state index contributed by atoms with van der Waals surface area (Å²) in [5, 5.41) is 0. The van der Waals surface area contributed by atoms with Gasteiger partial charge in [0.1, 0.15) is 5.69 Å². The van der Waals surface area contributed by atoms with E-state index in [2.05, 4.69) is 46.4 Å². The van der Waals surface area contributed by atoms with Gasteiger partial charge in [0.15, 0.2) is 0 Å². The normalized spacial score (nSPS) is 14.8. The Morgan fingerprint density at radius 1 is 1.17 bits per heavy atom. The highest BCUT2D eigenvalue weighted by atomic mass is 16.5. The van der Waals surface area contributed by atoms with Crippen LogP contribution in [0.2, 0.25) is 0 Å². The average molecular weight is 318 g/mol. The predicted octanol–water partition coefficient (Wildman–Crippen LogP) is 4.28. The Morgan fingerprint density at radius 3 is 2.88 bits per heavy atom. The summed E-state index contributed by atoms with van der Waals surface area (Å²) in [6.45, 7) is 0. The molecule has 0 amide bonds. The Hall–Kier alpha value is -3.01. The fourth-order valence-electron chi connectivity index (χ4n) is 3.25. The number of aromatic amines is 2. The van der Waals surface area contributed by atoms with Gasteiger partial charge >= 0.3 is 5.97 Å². The lowest BCUT2D eigenvalue weighted by molar-refractivity contribution is 0.0594. The smallest absolute Gasteiger partial charge is 0.354 e. The van der Waals surface area contributed by atoms with Crippen molar-refractivity contribution in [1.82, 2.24) is 9.97 Å². The number of hydrogen-bond acceptors (Lipinski definition) is 2. The molecule has 1 aromatic carbocycles. The number of allylic oxidation sites excluding steroid dienone is 1. The molecule has 24 heavy (non-hydrogen) atoms. The molecule has 0 aliphatic heterocycles. The lowest BCUT2D eigenvalue weighted by Gasteiger charge is -2.02. The summed E-state index contributed by atoms with van der Waals surface area (Å²) in [6, 6.07) is 14.4. The third kappa shape index (κ3) is 2.56. The molecule has 0 saturated heterocycles. The highest BCUT2D eigenvalue weighted by molar-refractivity contribution is 5.92. The summed E-state index contributed by atoms with van der Waals surface area (Å²) < 4.78 is 4.79. The van der Waals surface area contributed by atoms with Gasteiger partial charge in [-0.3, -0.25) is 0 Å². The number of aryl methyl sites for hydroxylation is 1. The van der Waals surface area contributed by atoms with Crippen LogP contribution in [0.4, 0.5) is 0 Å². The Labute approximate surface area is 140 Å². The van der Waals surface area contributed by atoms with Crippen molar-refractivity contribution in [3.63, 3.8) is 0 Å². The van der Waals surface area contributed by atoms with E-state index >= 15 is 0 Å². The van der Waals surface area contributed by atoms with Gasteiger partial charge in [-0.25, -0.2) is 4.79 Å². The van der Waals surface area contributed by atoms with Crippen molar-refractivity contribution in [2.45, 2.75) is 12.8 Å². The fraction of sp³-hybridized carbons (Fsp3) is 0.150. The van der Waals surface area contributed by atoms with Gasteiger partial charge in [-0.2, -0.15) is 0 Å². The average Bonchev–Trinajstić information content (AvgIpc) is 3.33. The maximum Gasteiger partial charge on any atom is 0.354 e. The maximum atomic E-state index is 11.7. The number of benzene rings is 1. The lowest BCUT2D eigenvalue weighted by atomic mass is 10.0. The SMILES string of the molecule is COC(=O)c1cc2c([nH]1)CC/C2=C\c1cccc(-c2ccc[nH]2)c1. The molecule has 0 saturated carbocycles. The van der Waals surface area contributed by atoms with Crippen LogP contribution in [0.1, 0.15) is 33.7 Å². The van der Waals surface area contributed by atoms with Crippen LogP contribution in [-0.4, -0.2) is 23.0 Å². The third-order valence-corrected chi connectivity index (χ3v) is 4.43. The standard InChI is InChI=1S/C20H18N2O2/c1-24-20(23)19-12-16-14(7-8-18(16)22-19)10-13-4-2-5-15(11-13)17-6-3-9-21-17/h2-6,9-12,21-22H,7-8H2,1H3/b14-10+. The Balaban J connectivity index is 1.68. The van der Waals surface area contributed by atoms with Crippen molar-refractivity contribution in [3.05, 3.63) is 71.2 Å². The molecule has 2 heterocycles. The van der Waals surface area contributed by atoms with Crippen molar-refractivity contribution < 1.29 is 9.53 Å². The number of methoxy groups -OCH3 is 1. The molecule has 3 aromatic rings. The number of carbonyl (C=O) groups is 1. The Kier molecular flexibility index (Phi) is 3.58. The number of rotatable bonds is 3. The largest absolute Gasteiger partial charge is 0.464 e. The van der Waals surface area contributed by atoms with Gasteiger partial charge in [-0.05, 0) is 59.4 Å². The summed E-state index contributed by atoms with van der Waals surface area (Å²) in [6.07, 6.45) is 6.04. The zero-order valence-corrected chi connectivity index (χ0v) is 13.4. The molecule has 0 bridgehead atoms. The topological polar surface area (TPSA) is 57.9 Å². The van der Waals surface area contributed by atoms with Crippen molar-refractivity contribution in [1.29, 1.82) is 0 Å². The van der Waals surface area contributed by atoms with E-state index in [9.17, 15) is 4.79 Å². The Bertz CT molecular complexity index is 917. The minimum Gasteiger partial charge on any atom is -0.464 e. The van der Waals surface area contributed by atoms with Crippen LogP contribution >= 0.6 is 0 Å². The minimum atomic E-state index is -0.322. The zero-order valence-electron chi connectivity index (χ0n) is 13.4. The van der Waals surface area contributed by atoms with Crippen molar-refractivity contribution in [3.8, 4) is 11.3 Å². The Morgan fingerprint density at radius 2 is 2.08 bits per heavy atom. The van der Waals surface area contributed by atoms with Gasteiger partial charge < -0.3 is 14.7 Å². The van der Waals surface area contributed by atoms with Gasteiger partial charge in [-0.1, -0.05) is 24.3 Å². The molecule has 0 radical (unpaired) electrons. The van der Waals surface area contributed by atoms with Crippen LogP contribution in [0.25, 0.3) is 22.9 Å². The van der Waals surface area contributed by atoms with E-state index in [4.69, 9.17) is 4.74 Å². The predicted molar refractivity (Wildman–Crippen MR) is 94.6 cm³/mol. The number of ether oxygens (including phenoxy) is 1. The number of hydrogen-bond donors (Lipinski definition) is 2. The summed E-state index contributed by atoms with van der Waals surface area (Å²) in [5.41, 5.74) is 7.44. The number of aromatic nitrogens is 2. The van der Waals surface area contributed by atoms with Gasteiger partial charge in [-0.15, -0.1) is 0 Å². The van der Waals surface area contributed by atoms with E-state index in [1.807, 2.05) is 18.3 Å². The number of esters is 1. The molecule has 2 aromatic heterocycles. The van der Waals surface area contributed by atoms with E-state index in [1.54, 1.807) is 0 Å². The van der Waals surface area contributed by atoms with Crippen LogP contribution in [0.15, 0.2) is 48.7 Å². The number of fused-ring (bicyclic) bond motifs is 1. The molecule has 4 nitrogen and oxygen atoms in total. The van der Waals surface area contributed by atoms with Gasteiger partial charge in [0.05, 0.1) is 7.11 Å². The molecule has 4 rings (SSSR count). The van der Waals surface area contributed by atoms with E-state index < -0.39 is 0 Å². The molecule has 4 heteroatoms. The summed E-state index contributed by atoms with van der Waals surface area (Å²) in [4.78, 5) is 18.1. The summed E-state index contributed by atoms with van der Waals surface area (Å²) in [5.74, 6) is -0.322. The van der Waals surface area contributed by atoms with Crippen LogP contribution in [0, 0.1) is 0 Å². The second-order valence-corrected chi connectivity index (χ2v) is 5.95. The molecule has 120 valence electrons. The van der Waals surface area contributed by atoms with Crippen molar-refractivity contribution in [2.75, 3.05) is 7.11 Å². The summed E-state index contributed by atoms with van der Waals surface area (Å²) >= 11 is 0. The number of carbonyl (C=O) groups excluding carboxylic acids is 1. The molecule has 0 atom stereocenters. The van der Waals surface area contributed by atoms with E-state index in [-0.39, 0.29) is 5.97 Å². The minimum absolute atomic E-state index is 0.322. The van der Waals surface area contributed by atoms with E-state index in [0.717, 1.165) is 40.9 Å². The maximum absolute atomic E-state index is 11.7. The van der Waals surface area contributed by atoms with Crippen molar-refractivity contribution in [2.24, 2.45) is 0 Å². The molecule has 0 spiro atoms. The summed E-state index contributed by atoms with van der Waals surface area (Å²) in [7, 11) is 1.40. The van der Waals surface area contributed by atoms with Crippen LogP contribution in [-0.2, 0) is 11.2 Å². The molecule has 1 aliphatic carbocycles. The molecule has 0 unspecified atom stereocenters. The molecule has 0 fully saturated rings. The van der Waals surface area contributed by atoms with E-state index in [1.165, 1.54) is 12.7 Å². The first-order valence-corrected chi connectivity index (χ1v) is 7.99. The lowest BCUT2D eigenvalue weighted by Crippen LogP contribution is -2.01. The fourth-order valence-corrected chi connectivity index (χ4v) is 3.25. The van der Waals surface area contributed by atoms with Crippen molar-refractivity contribution >= 4 is 17.6 Å². The monoisotopic (exact) mass is 318 g/mol. The zero-order chi connectivity index (χ0) is 16.5. The highest BCUT2D eigenvalue weighted by Gasteiger charge is 2.21. The molecular weight excluding hydrogens is 300 g/mol. The highest BCUT2D eigenvalue weighted by Crippen LogP contribution is 2.34. The van der Waals surface area contributed by atoms with E-state index in [0.29, 0.717) is 5.69 Å². The molecular formula is C20H18N2O2. The second-order valence-electron chi connectivity index (χ2n) is 5.95. The first-order chi connectivity index (χ1) is 11.7. The number of nitrogens with one attached hydrogen (secondary N) is 2. The first kappa shape index (κ1) is 14.6. The molecule has 2 N–H and O–H groups in total. The first-order valence-electron chi connectivity index (χ1n) is 7.99. The number of H-pyrrole nitrogens is 2. The van der Waals surface area contributed by atoms with Gasteiger partial charge in [0.2, 0.25) is 0 Å². The quantitative estimate of drug-likeness (QED) is 0.708. The van der Waals surface area contributed by atoms with Gasteiger partial charge in [0, 0.05) is 17.6 Å². The van der Waals surface area contributed by atoms with Crippen LogP contribution < -0.4 is 0 Å². The third-order valence-electron chi connectivity index (χ3n) is 4.43.